The van der Waals surface area contributed by atoms with Gasteiger partial charge < -0.3 is 9.32 Å². The second kappa shape index (κ2) is 7.83. The lowest BCUT2D eigenvalue weighted by Gasteiger charge is -2.36. The number of nitrogens with zero attached hydrogens (tertiary/aromatic N) is 3. The van der Waals surface area contributed by atoms with Crippen LogP contribution in [0, 0.1) is 0 Å². The Hall–Kier alpha value is -2.47. The molecule has 0 N–H and O–H groups in total. The molecule has 0 saturated carbocycles. The molecule has 136 valence electrons. The van der Waals surface area contributed by atoms with Crippen LogP contribution in [0.2, 0.25) is 0 Å². The van der Waals surface area contributed by atoms with Gasteiger partial charge in [-0.15, -0.1) is 10.2 Å². The normalized spacial score (nSPS) is 11.5. The van der Waals surface area contributed by atoms with Crippen molar-refractivity contribution in [1.29, 1.82) is 0 Å². The van der Waals surface area contributed by atoms with Crippen molar-refractivity contribution in [3.63, 3.8) is 0 Å². The predicted octanol–water partition coefficient (Wildman–Crippen LogP) is 4.56. The maximum absolute atomic E-state index is 12.8. The van der Waals surface area contributed by atoms with E-state index in [1.807, 2.05) is 52.1 Å². The van der Waals surface area contributed by atoms with E-state index in [1.165, 1.54) is 0 Å². The molecule has 26 heavy (non-hydrogen) atoms. The molecule has 0 atom stereocenters. The summed E-state index contributed by atoms with van der Waals surface area (Å²) < 4.78 is 5.68. The van der Waals surface area contributed by atoms with E-state index in [9.17, 15) is 4.79 Å². The van der Waals surface area contributed by atoms with Crippen LogP contribution in [0.15, 0.2) is 51.6 Å². The number of aryl methyl sites for hydroxylation is 1. The van der Waals surface area contributed by atoms with Gasteiger partial charge in [-0.25, -0.2) is 0 Å². The number of amides is 1. The Morgan fingerprint density at radius 1 is 1.15 bits per heavy atom. The van der Waals surface area contributed by atoms with Crippen LogP contribution < -0.4 is 0 Å². The molecule has 0 spiro atoms. The number of aromatic nitrogens is 2. The molecule has 0 aliphatic heterocycles. The van der Waals surface area contributed by atoms with Crippen molar-refractivity contribution in [3.05, 3.63) is 58.6 Å². The van der Waals surface area contributed by atoms with E-state index in [4.69, 9.17) is 4.42 Å². The van der Waals surface area contributed by atoms with E-state index in [0.717, 1.165) is 11.1 Å². The smallest absolute Gasteiger partial charge is 0.248 e. The lowest BCUT2D eigenvalue weighted by molar-refractivity contribution is -0.136. The van der Waals surface area contributed by atoms with Gasteiger partial charge in [-0.3, -0.25) is 4.79 Å². The summed E-state index contributed by atoms with van der Waals surface area (Å²) >= 11 is 1.58. The fourth-order valence-electron chi connectivity index (χ4n) is 2.67. The fourth-order valence-corrected chi connectivity index (χ4v) is 3.30. The van der Waals surface area contributed by atoms with Crippen LogP contribution >= 0.6 is 11.3 Å². The molecular formula is C20H23N3O2S. The van der Waals surface area contributed by atoms with E-state index in [1.54, 1.807) is 11.3 Å². The van der Waals surface area contributed by atoms with Crippen molar-refractivity contribution >= 4 is 17.2 Å². The monoisotopic (exact) mass is 369 g/mol. The van der Waals surface area contributed by atoms with Gasteiger partial charge in [-0.2, -0.15) is 11.3 Å². The minimum atomic E-state index is -0.260. The van der Waals surface area contributed by atoms with Crippen molar-refractivity contribution in [2.24, 2.45) is 0 Å². The molecule has 5 nitrogen and oxygen atoms in total. The third-order valence-corrected chi connectivity index (χ3v) is 4.77. The Kier molecular flexibility index (Phi) is 5.52. The summed E-state index contributed by atoms with van der Waals surface area (Å²) in [6.07, 6.45) is 0.784. The second-order valence-corrected chi connectivity index (χ2v) is 7.93. The van der Waals surface area contributed by atoms with E-state index in [-0.39, 0.29) is 11.4 Å². The lowest BCUT2D eigenvalue weighted by Crippen LogP contribution is -2.45. The third-order valence-electron chi connectivity index (χ3n) is 4.08. The minimum absolute atomic E-state index is 0.0802. The number of carbonyl (C=O) groups excluding carboxylic acids is 1. The highest BCUT2D eigenvalue weighted by Gasteiger charge is 2.26. The number of hydrogen-bond acceptors (Lipinski definition) is 5. The predicted molar refractivity (Wildman–Crippen MR) is 103 cm³/mol. The van der Waals surface area contributed by atoms with Crippen LogP contribution in [-0.4, -0.2) is 26.5 Å². The summed E-state index contributed by atoms with van der Waals surface area (Å²) in [6, 6.07) is 12.0. The first-order chi connectivity index (χ1) is 12.4. The molecular weight excluding hydrogens is 346 g/mol. The third kappa shape index (κ3) is 4.58. The zero-order chi connectivity index (χ0) is 18.6. The number of thiophene rings is 1. The van der Waals surface area contributed by atoms with Gasteiger partial charge in [-0.05, 0) is 37.8 Å². The van der Waals surface area contributed by atoms with Crippen LogP contribution in [0.25, 0.3) is 11.5 Å². The quantitative estimate of drug-likeness (QED) is 0.639. The zero-order valence-corrected chi connectivity index (χ0v) is 16.1. The molecule has 0 aliphatic rings. The van der Waals surface area contributed by atoms with Gasteiger partial charge in [0.25, 0.3) is 0 Å². The Bertz CT molecular complexity index is 836. The van der Waals surface area contributed by atoms with Crippen LogP contribution in [0.3, 0.4) is 0 Å². The first kappa shape index (κ1) is 18.3. The molecule has 1 aromatic carbocycles. The van der Waals surface area contributed by atoms with Gasteiger partial charge >= 0.3 is 0 Å². The van der Waals surface area contributed by atoms with Crippen molar-refractivity contribution in [2.75, 3.05) is 0 Å². The summed E-state index contributed by atoms with van der Waals surface area (Å²) in [6.45, 7) is 6.74. The first-order valence-corrected chi connectivity index (χ1v) is 9.57. The van der Waals surface area contributed by atoms with Gasteiger partial charge in [0.05, 0.1) is 0 Å². The Labute approximate surface area is 157 Å². The molecule has 3 rings (SSSR count). The Balaban J connectivity index is 1.64. The van der Waals surface area contributed by atoms with Gasteiger partial charge in [0.2, 0.25) is 17.7 Å². The zero-order valence-electron chi connectivity index (χ0n) is 15.3. The maximum atomic E-state index is 12.8. The molecule has 3 aromatic rings. The highest BCUT2D eigenvalue weighted by Crippen LogP contribution is 2.22. The summed E-state index contributed by atoms with van der Waals surface area (Å²) in [5.41, 5.74) is 1.78. The largest absolute Gasteiger partial charge is 0.421 e. The Morgan fingerprint density at radius 2 is 1.92 bits per heavy atom. The van der Waals surface area contributed by atoms with Crippen molar-refractivity contribution in [1.82, 2.24) is 15.1 Å². The van der Waals surface area contributed by atoms with Crippen LogP contribution in [-0.2, 0) is 17.8 Å². The van der Waals surface area contributed by atoms with E-state index in [0.29, 0.717) is 31.2 Å². The average Bonchev–Trinajstić information content (AvgIpc) is 3.28. The molecule has 0 unspecified atom stereocenters. The number of hydrogen-bond donors (Lipinski definition) is 0. The molecule has 0 radical (unpaired) electrons. The molecule has 2 aromatic heterocycles. The second-order valence-electron chi connectivity index (χ2n) is 7.15. The van der Waals surface area contributed by atoms with Gasteiger partial charge in [0.1, 0.15) is 0 Å². The SMILES string of the molecule is CC(C)(C)N(Cc1ccccc1)C(=O)CCc1nnc(-c2ccsc2)o1. The van der Waals surface area contributed by atoms with Crippen LogP contribution in [0.5, 0.6) is 0 Å². The molecule has 0 bridgehead atoms. The summed E-state index contributed by atoms with van der Waals surface area (Å²) in [4.78, 5) is 14.7. The highest BCUT2D eigenvalue weighted by molar-refractivity contribution is 7.08. The van der Waals surface area contributed by atoms with Crippen molar-refractivity contribution < 1.29 is 9.21 Å². The number of rotatable bonds is 6. The summed E-state index contributed by atoms with van der Waals surface area (Å²) in [5, 5.41) is 12.1. The average molecular weight is 369 g/mol. The van der Waals surface area contributed by atoms with E-state index >= 15 is 0 Å². The summed E-state index contributed by atoms with van der Waals surface area (Å²) in [5.74, 6) is 1.08. The lowest BCUT2D eigenvalue weighted by atomic mass is 10.0. The van der Waals surface area contributed by atoms with Gasteiger partial charge in [0, 0.05) is 35.9 Å². The van der Waals surface area contributed by atoms with Gasteiger partial charge in [-0.1, -0.05) is 30.3 Å². The van der Waals surface area contributed by atoms with E-state index in [2.05, 4.69) is 31.0 Å². The topological polar surface area (TPSA) is 59.2 Å². The standard InChI is InChI=1S/C20H23N3O2S/c1-20(2,3)23(13-15-7-5-4-6-8-15)18(24)10-9-17-21-22-19(25-17)16-11-12-26-14-16/h4-8,11-12,14H,9-10,13H2,1-3H3. The fraction of sp³-hybridized carbons (Fsp3) is 0.350. The number of carbonyl (C=O) groups is 1. The van der Waals surface area contributed by atoms with Crippen molar-refractivity contribution in [2.45, 2.75) is 45.7 Å². The van der Waals surface area contributed by atoms with Crippen LogP contribution in [0.1, 0.15) is 38.6 Å². The van der Waals surface area contributed by atoms with Gasteiger partial charge in [0.15, 0.2) is 0 Å². The first-order valence-electron chi connectivity index (χ1n) is 8.63. The molecule has 1 amide bonds. The molecule has 2 heterocycles. The molecule has 0 aliphatic carbocycles. The van der Waals surface area contributed by atoms with Crippen LogP contribution in [0.4, 0.5) is 0 Å². The maximum Gasteiger partial charge on any atom is 0.248 e. The molecule has 0 fully saturated rings. The van der Waals surface area contributed by atoms with E-state index < -0.39 is 0 Å². The molecule has 0 saturated heterocycles. The minimum Gasteiger partial charge on any atom is -0.421 e. The Morgan fingerprint density at radius 3 is 2.58 bits per heavy atom. The highest BCUT2D eigenvalue weighted by atomic mass is 32.1. The summed E-state index contributed by atoms with van der Waals surface area (Å²) in [7, 11) is 0. The number of benzene rings is 1. The van der Waals surface area contributed by atoms with Crippen molar-refractivity contribution in [3.8, 4) is 11.5 Å². The molecule has 6 heteroatoms.